The minimum Gasteiger partial charge on any atom is -0.493 e. The second-order valence-corrected chi connectivity index (χ2v) is 4.97. The molecular formula is C16H23ClO. The van der Waals surface area contributed by atoms with Gasteiger partial charge in [-0.25, -0.2) is 0 Å². The topological polar surface area (TPSA) is 9.23 Å². The van der Waals surface area contributed by atoms with Crippen molar-refractivity contribution in [2.24, 2.45) is 0 Å². The molecule has 18 heavy (non-hydrogen) atoms. The first-order valence-electron chi connectivity index (χ1n) is 6.64. The highest BCUT2D eigenvalue weighted by Crippen LogP contribution is 2.33. The molecular weight excluding hydrogens is 244 g/mol. The maximum atomic E-state index is 6.26. The van der Waals surface area contributed by atoms with E-state index in [0.29, 0.717) is 0 Å². The maximum Gasteiger partial charge on any atom is 0.125 e. The molecule has 0 saturated heterocycles. The van der Waals surface area contributed by atoms with E-state index in [1.54, 1.807) is 0 Å². The first-order chi connectivity index (χ1) is 8.61. The molecule has 0 unspecified atom stereocenters. The van der Waals surface area contributed by atoms with Gasteiger partial charge in [-0.15, -0.1) is 0 Å². The van der Waals surface area contributed by atoms with Crippen molar-refractivity contribution >= 4 is 11.6 Å². The summed E-state index contributed by atoms with van der Waals surface area (Å²) < 4.78 is 5.90. The molecule has 0 spiro atoms. The van der Waals surface area contributed by atoms with Gasteiger partial charge in [0.1, 0.15) is 5.75 Å². The van der Waals surface area contributed by atoms with Crippen LogP contribution in [0.4, 0.5) is 0 Å². The van der Waals surface area contributed by atoms with Crippen LogP contribution in [0, 0.1) is 13.8 Å². The van der Waals surface area contributed by atoms with Crippen molar-refractivity contribution < 1.29 is 4.74 Å². The Balaban J connectivity index is 3.07. The fourth-order valence-electron chi connectivity index (χ4n) is 2.02. The molecule has 0 heterocycles. The molecule has 0 atom stereocenters. The highest BCUT2D eigenvalue weighted by Gasteiger charge is 2.13. The van der Waals surface area contributed by atoms with Crippen LogP contribution in [-0.2, 0) is 6.42 Å². The third-order valence-corrected chi connectivity index (χ3v) is 3.43. The van der Waals surface area contributed by atoms with Gasteiger partial charge in [-0.3, -0.25) is 0 Å². The average molecular weight is 267 g/mol. The molecule has 2 heteroatoms. The molecule has 0 aliphatic heterocycles. The number of hydrogen-bond donors (Lipinski definition) is 0. The first kappa shape index (κ1) is 15.1. The number of halogens is 1. The Morgan fingerprint density at radius 2 is 2.06 bits per heavy atom. The van der Waals surface area contributed by atoms with Gasteiger partial charge in [0.25, 0.3) is 0 Å². The summed E-state index contributed by atoms with van der Waals surface area (Å²) in [4.78, 5) is 0. The molecule has 0 radical (unpaired) electrons. The molecule has 0 saturated carbocycles. The van der Waals surface area contributed by atoms with Gasteiger partial charge in [0.2, 0.25) is 0 Å². The van der Waals surface area contributed by atoms with E-state index in [1.165, 1.54) is 5.56 Å². The SMILES string of the molecule is C/C=C\CCc1c(C)c(Cl)cc(C)c1OCCC. The van der Waals surface area contributed by atoms with Gasteiger partial charge < -0.3 is 4.74 Å². The highest BCUT2D eigenvalue weighted by atomic mass is 35.5. The van der Waals surface area contributed by atoms with Crippen molar-refractivity contribution in [2.75, 3.05) is 6.61 Å². The van der Waals surface area contributed by atoms with E-state index in [2.05, 4.69) is 32.9 Å². The van der Waals surface area contributed by atoms with E-state index in [4.69, 9.17) is 16.3 Å². The zero-order valence-electron chi connectivity index (χ0n) is 11.8. The number of aryl methyl sites for hydroxylation is 1. The minimum absolute atomic E-state index is 0.762. The molecule has 1 rings (SSSR count). The monoisotopic (exact) mass is 266 g/mol. The van der Waals surface area contributed by atoms with Gasteiger partial charge in [-0.05, 0) is 62.8 Å². The van der Waals surface area contributed by atoms with Crippen molar-refractivity contribution in [3.05, 3.63) is 39.9 Å². The summed E-state index contributed by atoms with van der Waals surface area (Å²) in [6.07, 6.45) is 7.30. The molecule has 1 aromatic rings. The number of hydrogen-bond acceptors (Lipinski definition) is 1. The molecule has 1 nitrogen and oxygen atoms in total. The van der Waals surface area contributed by atoms with Gasteiger partial charge in [-0.1, -0.05) is 30.7 Å². The molecule has 0 fully saturated rings. The van der Waals surface area contributed by atoms with Crippen LogP contribution in [0.5, 0.6) is 5.75 Å². The Kier molecular flexibility index (Phi) is 6.28. The van der Waals surface area contributed by atoms with Crippen LogP contribution in [0.15, 0.2) is 18.2 Å². The van der Waals surface area contributed by atoms with Crippen LogP contribution in [0.1, 0.15) is 43.4 Å². The average Bonchev–Trinajstić information content (AvgIpc) is 2.34. The van der Waals surface area contributed by atoms with Gasteiger partial charge in [0, 0.05) is 5.02 Å². The summed E-state index contributed by atoms with van der Waals surface area (Å²) in [6, 6.07) is 2.00. The van der Waals surface area contributed by atoms with Crippen LogP contribution in [-0.4, -0.2) is 6.61 Å². The first-order valence-corrected chi connectivity index (χ1v) is 7.02. The molecule has 100 valence electrons. The second-order valence-electron chi connectivity index (χ2n) is 4.56. The van der Waals surface area contributed by atoms with E-state index >= 15 is 0 Å². The molecule has 0 aliphatic carbocycles. The Morgan fingerprint density at radius 3 is 2.67 bits per heavy atom. The molecule has 0 aliphatic rings. The van der Waals surface area contributed by atoms with E-state index in [-0.39, 0.29) is 0 Å². The predicted octanol–water partition coefficient (Wildman–Crippen LogP) is 5.25. The lowest BCUT2D eigenvalue weighted by atomic mass is 9.99. The van der Waals surface area contributed by atoms with Crippen LogP contribution >= 0.6 is 11.6 Å². The van der Waals surface area contributed by atoms with Crippen LogP contribution in [0.3, 0.4) is 0 Å². The molecule has 0 N–H and O–H groups in total. The van der Waals surface area contributed by atoms with E-state index in [1.807, 2.05) is 13.0 Å². The normalized spacial score (nSPS) is 11.2. The lowest BCUT2D eigenvalue weighted by molar-refractivity contribution is 0.312. The van der Waals surface area contributed by atoms with Crippen LogP contribution in [0.2, 0.25) is 5.02 Å². The fourth-order valence-corrected chi connectivity index (χ4v) is 2.29. The summed E-state index contributed by atoms with van der Waals surface area (Å²) in [5.41, 5.74) is 3.54. The number of benzene rings is 1. The Bertz CT molecular complexity index is 422. The molecule has 0 aromatic heterocycles. The van der Waals surface area contributed by atoms with Crippen molar-refractivity contribution in [3.8, 4) is 5.75 Å². The van der Waals surface area contributed by atoms with Gasteiger partial charge in [0.15, 0.2) is 0 Å². The van der Waals surface area contributed by atoms with Crippen molar-refractivity contribution in [3.63, 3.8) is 0 Å². The summed E-state index contributed by atoms with van der Waals surface area (Å²) in [6.45, 7) is 9.07. The van der Waals surface area contributed by atoms with Crippen LogP contribution < -0.4 is 4.74 Å². The summed E-state index contributed by atoms with van der Waals surface area (Å²) in [5, 5.41) is 0.840. The maximum absolute atomic E-state index is 6.26. The number of allylic oxidation sites excluding steroid dienone is 2. The smallest absolute Gasteiger partial charge is 0.125 e. The summed E-state index contributed by atoms with van der Waals surface area (Å²) >= 11 is 6.26. The molecule has 0 amide bonds. The van der Waals surface area contributed by atoms with Gasteiger partial charge in [-0.2, -0.15) is 0 Å². The minimum atomic E-state index is 0.762. The summed E-state index contributed by atoms with van der Waals surface area (Å²) in [5.74, 6) is 1.03. The van der Waals surface area contributed by atoms with Crippen LogP contribution in [0.25, 0.3) is 0 Å². The number of rotatable bonds is 6. The van der Waals surface area contributed by atoms with Crippen molar-refractivity contribution in [1.82, 2.24) is 0 Å². The zero-order chi connectivity index (χ0) is 13.5. The largest absolute Gasteiger partial charge is 0.493 e. The van der Waals surface area contributed by atoms with E-state index in [0.717, 1.165) is 47.8 Å². The van der Waals surface area contributed by atoms with Gasteiger partial charge >= 0.3 is 0 Å². The predicted molar refractivity (Wildman–Crippen MR) is 79.8 cm³/mol. The standard InChI is InChI=1S/C16H23ClO/c1-5-7-8-9-14-13(4)15(17)11-12(3)16(14)18-10-6-2/h5,7,11H,6,8-10H2,1-4H3/b7-5-. The van der Waals surface area contributed by atoms with E-state index in [9.17, 15) is 0 Å². The Labute approximate surface area is 116 Å². The third-order valence-electron chi connectivity index (χ3n) is 3.03. The Hall–Kier alpha value is -0.950. The Morgan fingerprint density at radius 1 is 1.33 bits per heavy atom. The van der Waals surface area contributed by atoms with Gasteiger partial charge in [0.05, 0.1) is 6.61 Å². The third kappa shape index (κ3) is 3.78. The van der Waals surface area contributed by atoms with Crippen molar-refractivity contribution in [2.45, 2.75) is 47.0 Å². The lowest BCUT2D eigenvalue weighted by Crippen LogP contribution is -2.03. The number of ether oxygens (including phenoxy) is 1. The summed E-state index contributed by atoms with van der Waals surface area (Å²) in [7, 11) is 0. The molecule has 0 bridgehead atoms. The lowest BCUT2D eigenvalue weighted by Gasteiger charge is -2.17. The quantitative estimate of drug-likeness (QED) is 0.639. The fraction of sp³-hybridized carbons (Fsp3) is 0.500. The van der Waals surface area contributed by atoms with Crippen molar-refractivity contribution in [1.29, 1.82) is 0 Å². The molecule has 1 aromatic carbocycles. The zero-order valence-corrected chi connectivity index (χ0v) is 12.6. The highest BCUT2D eigenvalue weighted by molar-refractivity contribution is 6.31. The van der Waals surface area contributed by atoms with E-state index < -0.39 is 0 Å². The second kappa shape index (κ2) is 7.48.